The van der Waals surface area contributed by atoms with Gasteiger partial charge in [0.15, 0.2) is 5.75 Å². The molecule has 0 unspecified atom stereocenters. The van der Waals surface area contributed by atoms with Crippen LogP contribution in [0, 0.1) is 0 Å². The van der Waals surface area contributed by atoms with Gasteiger partial charge in [-0.1, -0.05) is 12.1 Å². The molecule has 0 spiro atoms. The lowest BCUT2D eigenvalue weighted by Gasteiger charge is -2.29. The van der Waals surface area contributed by atoms with E-state index in [1.165, 1.54) is 17.4 Å². The lowest BCUT2D eigenvalue weighted by atomic mass is 9.95. The van der Waals surface area contributed by atoms with Gasteiger partial charge in [0.2, 0.25) is 0 Å². The Labute approximate surface area is 172 Å². The first-order valence-electron chi connectivity index (χ1n) is 9.31. The maximum Gasteiger partial charge on any atom is 0.336 e. The van der Waals surface area contributed by atoms with Crippen LogP contribution in [0.3, 0.4) is 0 Å². The number of methoxy groups -OCH3 is 1. The maximum absolute atomic E-state index is 11.7. The van der Waals surface area contributed by atoms with Gasteiger partial charge < -0.3 is 29.3 Å². The molecule has 0 amide bonds. The van der Waals surface area contributed by atoms with Gasteiger partial charge in [0.1, 0.15) is 6.61 Å². The molecular weight excluding hydrogens is 398 g/mol. The summed E-state index contributed by atoms with van der Waals surface area (Å²) in [5.74, 6) is -2.07. The number of rotatable bonds is 11. The highest BCUT2D eigenvalue weighted by Crippen LogP contribution is 2.38. The average molecular weight is 421 g/mol. The van der Waals surface area contributed by atoms with Crippen molar-refractivity contribution in [3.8, 4) is 5.75 Å². The minimum atomic E-state index is -1.22. The van der Waals surface area contributed by atoms with Crippen molar-refractivity contribution in [2.75, 3.05) is 46.7 Å². The Hall–Kier alpha value is -2.76. The van der Waals surface area contributed by atoms with Gasteiger partial charge in [-0.05, 0) is 17.4 Å². The first-order chi connectivity index (χ1) is 14.5. The molecule has 1 aliphatic heterocycles. The fraction of sp³-hybridized carbons (Fsp3) is 0.400. The number of benzene rings is 2. The first kappa shape index (κ1) is 21.9. The van der Waals surface area contributed by atoms with Crippen molar-refractivity contribution in [1.82, 2.24) is 5.23 Å². The summed E-state index contributed by atoms with van der Waals surface area (Å²) in [6.07, 6.45) is 0. The second kappa shape index (κ2) is 10.3. The van der Waals surface area contributed by atoms with Crippen molar-refractivity contribution >= 4 is 22.7 Å². The molecule has 0 radical (unpaired) electrons. The van der Waals surface area contributed by atoms with E-state index in [1.807, 2.05) is 0 Å². The van der Waals surface area contributed by atoms with Crippen LogP contribution < -0.4 is 4.84 Å². The van der Waals surface area contributed by atoms with E-state index in [0.29, 0.717) is 49.7 Å². The van der Waals surface area contributed by atoms with Gasteiger partial charge in [-0.15, -0.1) is 0 Å². The number of hydrogen-bond donors (Lipinski definition) is 2. The van der Waals surface area contributed by atoms with E-state index in [2.05, 4.69) is 0 Å². The number of carboxylic acids is 2. The molecule has 0 aromatic heterocycles. The summed E-state index contributed by atoms with van der Waals surface area (Å²) in [6.45, 7) is 2.56. The standard InChI is InChI=1S/C20H23NO9/c1-26-7-8-28-10-9-27-6-5-21-29-12-13-11-16(20(24)25)17-14(18(13)30-21)3-2-4-15(17)19(22)23/h2-4,11H,5-10,12H2,1H3,(H,22,23)(H,24,25). The van der Waals surface area contributed by atoms with Crippen molar-refractivity contribution in [2.24, 2.45) is 0 Å². The molecule has 0 saturated carbocycles. The molecule has 10 heteroatoms. The van der Waals surface area contributed by atoms with Crippen LogP contribution in [0.1, 0.15) is 26.3 Å². The average Bonchev–Trinajstić information content (AvgIpc) is 2.74. The number of fused-ring (bicyclic) bond motifs is 3. The van der Waals surface area contributed by atoms with Gasteiger partial charge in [0, 0.05) is 23.4 Å². The number of aromatic carboxylic acids is 2. The fourth-order valence-corrected chi connectivity index (χ4v) is 3.06. The second-order valence-corrected chi connectivity index (χ2v) is 6.39. The first-order valence-corrected chi connectivity index (χ1v) is 9.31. The summed E-state index contributed by atoms with van der Waals surface area (Å²) in [5, 5.41) is 20.8. The Balaban J connectivity index is 1.70. The van der Waals surface area contributed by atoms with Crippen molar-refractivity contribution in [2.45, 2.75) is 6.61 Å². The van der Waals surface area contributed by atoms with Crippen LogP contribution in [0.15, 0.2) is 24.3 Å². The Morgan fingerprint density at radius 3 is 2.43 bits per heavy atom. The molecule has 0 aliphatic carbocycles. The molecule has 2 N–H and O–H groups in total. The van der Waals surface area contributed by atoms with E-state index in [4.69, 9.17) is 23.9 Å². The van der Waals surface area contributed by atoms with Crippen LogP contribution in [0.5, 0.6) is 5.75 Å². The third kappa shape index (κ3) is 5.04. The molecule has 1 heterocycles. The van der Waals surface area contributed by atoms with Crippen molar-refractivity contribution in [3.05, 3.63) is 41.0 Å². The van der Waals surface area contributed by atoms with Gasteiger partial charge in [-0.3, -0.25) is 4.84 Å². The zero-order chi connectivity index (χ0) is 21.5. The molecule has 0 saturated heterocycles. The van der Waals surface area contributed by atoms with Crippen LogP contribution in [-0.4, -0.2) is 74.1 Å². The number of carboxylic acid groups (broad SMARTS) is 2. The highest BCUT2D eigenvalue weighted by atomic mass is 17.0. The fourth-order valence-electron chi connectivity index (χ4n) is 3.06. The molecule has 1 aliphatic rings. The Bertz CT molecular complexity index is 915. The number of ether oxygens (including phenoxy) is 3. The minimum Gasteiger partial charge on any atom is -0.478 e. The van der Waals surface area contributed by atoms with Gasteiger partial charge in [0.05, 0.1) is 50.7 Å². The van der Waals surface area contributed by atoms with Crippen molar-refractivity contribution in [1.29, 1.82) is 0 Å². The number of carbonyl (C=O) groups is 2. The third-order valence-electron chi connectivity index (χ3n) is 4.43. The van der Waals surface area contributed by atoms with Crippen LogP contribution >= 0.6 is 0 Å². The summed E-state index contributed by atoms with van der Waals surface area (Å²) in [4.78, 5) is 34.6. The number of hydroxylamine groups is 2. The number of nitrogens with zero attached hydrogens (tertiary/aromatic N) is 1. The predicted octanol–water partition coefficient (Wildman–Crippen LogP) is 1.96. The van der Waals surface area contributed by atoms with Crippen LogP contribution in [0.4, 0.5) is 0 Å². The zero-order valence-electron chi connectivity index (χ0n) is 16.5. The van der Waals surface area contributed by atoms with Gasteiger partial charge >= 0.3 is 11.9 Å². The van der Waals surface area contributed by atoms with E-state index in [-0.39, 0.29) is 29.7 Å². The van der Waals surface area contributed by atoms with Gasteiger partial charge in [-0.25, -0.2) is 9.59 Å². The van der Waals surface area contributed by atoms with Crippen LogP contribution in [0.25, 0.3) is 10.8 Å². The predicted molar refractivity (Wildman–Crippen MR) is 104 cm³/mol. The quantitative estimate of drug-likeness (QED) is 0.520. The normalized spacial score (nSPS) is 13.8. The summed E-state index contributed by atoms with van der Waals surface area (Å²) in [7, 11) is 1.60. The van der Waals surface area contributed by atoms with Gasteiger partial charge in [-0.2, -0.15) is 0 Å². The molecule has 2 aromatic rings. The summed E-state index contributed by atoms with van der Waals surface area (Å²) >= 11 is 0. The lowest BCUT2D eigenvalue weighted by molar-refractivity contribution is -0.339. The molecule has 0 atom stereocenters. The molecule has 0 fully saturated rings. The SMILES string of the molecule is COCCOCCOCCN1OCc2cc(C(=O)O)c3c(C(=O)O)cccc3c2O1. The van der Waals surface area contributed by atoms with Gasteiger partial charge in [0.25, 0.3) is 0 Å². The number of hydrogen-bond acceptors (Lipinski definition) is 8. The van der Waals surface area contributed by atoms with E-state index >= 15 is 0 Å². The zero-order valence-corrected chi connectivity index (χ0v) is 16.5. The third-order valence-corrected chi connectivity index (χ3v) is 4.43. The van der Waals surface area contributed by atoms with Crippen molar-refractivity contribution < 1.29 is 43.7 Å². The molecule has 30 heavy (non-hydrogen) atoms. The maximum atomic E-state index is 11.7. The van der Waals surface area contributed by atoms with Crippen molar-refractivity contribution in [3.63, 3.8) is 0 Å². The molecule has 0 bridgehead atoms. The molecule has 10 nitrogen and oxygen atoms in total. The summed E-state index contributed by atoms with van der Waals surface area (Å²) in [6, 6.07) is 5.93. The van der Waals surface area contributed by atoms with E-state index < -0.39 is 11.9 Å². The Morgan fingerprint density at radius 1 is 1.03 bits per heavy atom. The lowest BCUT2D eigenvalue weighted by Crippen LogP contribution is -2.35. The topological polar surface area (TPSA) is 124 Å². The smallest absolute Gasteiger partial charge is 0.336 e. The van der Waals surface area contributed by atoms with E-state index in [1.54, 1.807) is 19.2 Å². The summed E-state index contributed by atoms with van der Waals surface area (Å²) in [5.41, 5.74) is 0.302. The van der Waals surface area contributed by atoms with E-state index in [0.717, 1.165) is 0 Å². The van der Waals surface area contributed by atoms with Crippen LogP contribution in [-0.2, 0) is 25.7 Å². The Morgan fingerprint density at radius 2 is 1.73 bits per heavy atom. The van der Waals surface area contributed by atoms with E-state index in [9.17, 15) is 19.8 Å². The highest BCUT2D eigenvalue weighted by molar-refractivity contribution is 6.14. The monoisotopic (exact) mass is 421 g/mol. The second-order valence-electron chi connectivity index (χ2n) is 6.39. The highest BCUT2D eigenvalue weighted by Gasteiger charge is 2.27. The Kier molecular flexibility index (Phi) is 7.55. The largest absolute Gasteiger partial charge is 0.478 e. The van der Waals surface area contributed by atoms with Crippen LogP contribution in [0.2, 0.25) is 0 Å². The molecule has 162 valence electrons. The molecular formula is C20H23NO9. The molecule has 3 rings (SSSR count). The minimum absolute atomic E-state index is 0.0863. The summed E-state index contributed by atoms with van der Waals surface area (Å²) < 4.78 is 15.6. The molecule has 2 aromatic carbocycles.